The summed E-state index contributed by atoms with van der Waals surface area (Å²) in [5.41, 5.74) is 1.18. The Morgan fingerprint density at radius 1 is 1.19 bits per heavy atom. The number of aromatic nitrogens is 1. The predicted molar refractivity (Wildman–Crippen MR) is 116 cm³/mol. The third-order valence-corrected chi connectivity index (χ3v) is 6.26. The molecule has 10 heteroatoms. The zero-order valence-electron chi connectivity index (χ0n) is 15.9. The lowest BCUT2D eigenvalue weighted by molar-refractivity contribution is -0.384. The van der Waals surface area contributed by atoms with Crippen LogP contribution in [0.25, 0.3) is 11.0 Å². The number of amides is 1. The number of nitro groups is 1. The molecule has 8 nitrogen and oxygen atoms in total. The Labute approximate surface area is 183 Å². The zero-order valence-corrected chi connectivity index (χ0v) is 17.4. The number of non-ortho nitro benzene ring substituents is 1. The van der Waals surface area contributed by atoms with Gasteiger partial charge in [0.2, 0.25) is 5.76 Å². The van der Waals surface area contributed by atoms with E-state index in [4.69, 9.17) is 16.0 Å². The highest BCUT2D eigenvalue weighted by Crippen LogP contribution is 2.42. The maximum Gasteiger partial charge on any atom is 0.297 e. The van der Waals surface area contributed by atoms with Crippen molar-refractivity contribution in [1.29, 1.82) is 0 Å². The fourth-order valence-corrected chi connectivity index (χ4v) is 4.69. The molecule has 0 N–H and O–H groups in total. The van der Waals surface area contributed by atoms with Gasteiger partial charge in [-0.25, -0.2) is 4.98 Å². The summed E-state index contributed by atoms with van der Waals surface area (Å²) in [4.78, 5) is 43.1. The molecular weight excluding hydrogens is 442 g/mol. The molecule has 0 aliphatic carbocycles. The number of nitro benzene ring substituents is 1. The standard InChI is InChI=1S/C21H12ClN3O5S/c1-10-9-31-21(23-10)24-17(11-2-5-13(6-3-11)25(28)29)16-18(26)14-8-12(22)4-7-15(14)30-19(16)20(24)27/h2-9,17H,1H3. The molecule has 4 aromatic rings. The number of rotatable bonds is 3. The van der Waals surface area contributed by atoms with Gasteiger partial charge >= 0.3 is 0 Å². The van der Waals surface area contributed by atoms with Crippen LogP contribution in [-0.2, 0) is 0 Å². The van der Waals surface area contributed by atoms with Crippen molar-refractivity contribution in [2.75, 3.05) is 4.90 Å². The first-order chi connectivity index (χ1) is 14.8. The molecule has 31 heavy (non-hydrogen) atoms. The second kappa shape index (κ2) is 7.00. The van der Waals surface area contributed by atoms with Crippen molar-refractivity contribution in [2.45, 2.75) is 13.0 Å². The molecule has 2 aromatic carbocycles. The van der Waals surface area contributed by atoms with E-state index in [1.165, 1.54) is 46.6 Å². The lowest BCUT2D eigenvalue weighted by atomic mass is 9.98. The molecule has 1 aliphatic heterocycles. The number of benzene rings is 2. The average molecular weight is 454 g/mol. The minimum Gasteiger partial charge on any atom is -0.450 e. The summed E-state index contributed by atoms with van der Waals surface area (Å²) in [6, 6.07) is 9.51. The highest BCUT2D eigenvalue weighted by Gasteiger charge is 2.45. The van der Waals surface area contributed by atoms with Crippen LogP contribution in [0.1, 0.15) is 33.4 Å². The van der Waals surface area contributed by atoms with Gasteiger partial charge in [-0.1, -0.05) is 11.6 Å². The van der Waals surface area contributed by atoms with Crippen LogP contribution < -0.4 is 10.3 Å². The molecule has 1 atom stereocenters. The number of anilines is 1. The molecular formula is C21H12ClN3O5S. The van der Waals surface area contributed by atoms with Crippen LogP contribution in [0, 0.1) is 17.0 Å². The third kappa shape index (κ3) is 3.01. The van der Waals surface area contributed by atoms with Crippen LogP contribution in [0.5, 0.6) is 0 Å². The van der Waals surface area contributed by atoms with E-state index in [1.807, 2.05) is 0 Å². The van der Waals surface area contributed by atoms with Crippen molar-refractivity contribution >= 4 is 50.6 Å². The van der Waals surface area contributed by atoms with E-state index in [1.54, 1.807) is 24.4 Å². The summed E-state index contributed by atoms with van der Waals surface area (Å²) in [5.74, 6) is -0.572. The van der Waals surface area contributed by atoms with Crippen molar-refractivity contribution in [3.63, 3.8) is 0 Å². The van der Waals surface area contributed by atoms with E-state index in [-0.39, 0.29) is 33.4 Å². The van der Waals surface area contributed by atoms with Crippen LogP contribution in [0.4, 0.5) is 10.8 Å². The Hall–Kier alpha value is -3.56. The maximum atomic E-state index is 13.4. The number of carbonyl (C=O) groups excluding carboxylic acids is 1. The first kappa shape index (κ1) is 19.4. The monoisotopic (exact) mass is 453 g/mol. The summed E-state index contributed by atoms with van der Waals surface area (Å²) in [6.07, 6.45) is 0. The van der Waals surface area contributed by atoms with Crippen molar-refractivity contribution < 1.29 is 14.1 Å². The molecule has 0 saturated heterocycles. The molecule has 1 aliphatic rings. The van der Waals surface area contributed by atoms with Crippen LogP contribution >= 0.6 is 22.9 Å². The summed E-state index contributed by atoms with van der Waals surface area (Å²) in [7, 11) is 0. The first-order valence-corrected chi connectivity index (χ1v) is 10.4. The Morgan fingerprint density at radius 2 is 1.94 bits per heavy atom. The Balaban J connectivity index is 1.79. The quantitative estimate of drug-likeness (QED) is 0.323. The third-order valence-electron chi connectivity index (χ3n) is 5.06. The van der Waals surface area contributed by atoms with Gasteiger partial charge in [0.15, 0.2) is 10.6 Å². The number of thiazole rings is 1. The number of aryl methyl sites for hydroxylation is 1. The molecule has 0 spiro atoms. The molecule has 5 rings (SSSR count). The van der Waals surface area contributed by atoms with Gasteiger partial charge in [0.25, 0.3) is 11.6 Å². The van der Waals surface area contributed by atoms with E-state index in [9.17, 15) is 19.7 Å². The van der Waals surface area contributed by atoms with Crippen LogP contribution in [0.3, 0.4) is 0 Å². The molecule has 1 unspecified atom stereocenters. The summed E-state index contributed by atoms with van der Waals surface area (Å²) in [5, 5.41) is 13.9. The average Bonchev–Trinajstić information content (AvgIpc) is 3.30. The van der Waals surface area contributed by atoms with Crippen molar-refractivity contribution in [3.8, 4) is 0 Å². The zero-order chi connectivity index (χ0) is 21.9. The summed E-state index contributed by atoms with van der Waals surface area (Å²) in [6.45, 7) is 1.80. The highest BCUT2D eigenvalue weighted by atomic mass is 35.5. The molecule has 3 heterocycles. The van der Waals surface area contributed by atoms with Gasteiger partial charge < -0.3 is 4.42 Å². The van der Waals surface area contributed by atoms with Crippen molar-refractivity contribution in [3.05, 3.63) is 95.8 Å². The number of carbonyl (C=O) groups is 1. The molecule has 0 fully saturated rings. The first-order valence-electron chi connectivity index (χ1n) is 9.11. The molecule has 0 radical (unpaired) electrons. The van der Waals surface area contributed by atoms with E-state index >= 15 is 0 Å². The highest BCUT2D eigenvalue weighted by molar-refractivity contribution is 7.14. The van der Waals surface area contributed by atoms with Crippen LogP contribution in [0.2, 0.25) is 5.02 Å². The largest absolute Gasteiger partial charge is 0.450 e. The van der Waals surface area contributed by atoms with Crippen molar-refractivity contribution in [1.82, 2.24) is 4.98 Å². The normalized spacial score (nSPS) is 15.5. The second-order valence-corrected chi connectivity index (χ2v) is 8.29. The predicted octanol–water partition coefficient (Wildman–Crippen LogP) is 4.87. The van der Waals surface area contributed by atoms with Gasteiger partial charge in [-0.2, -0.15) is 0 Å². The number of nitrogens with zero attached hydrogens (tertiary/aromatic N) is 3. The molecule has 0 bridgehead atoms. The maximum absolute atomic E-state index is 13.4. The SMILES string of the molecule is Cc1csc(N2C(=O)c3oc4ccc(Cl)cc4c(=O)c3C2c2ccc([N+](=O)[O-])cc2)n1. The minimum atomic E-state index is -0.839. The topological polar surface area (TPSA) is 107 Å². The number of fused-ring (bicyclic) bond motifs is 2. The number of hydrogen-bond donors (Lipinski definition) is 0. The van der Waals surface area contributed by atoms with Crippen molar-refractivity contribution in [2.24, 2.45) is 0 Å². The lowest BCUT2D eigenvalue weighted by Gasteiger charge is -2.22. The van der Waals surface area contributed by atoms with Gasteiger partial charge in [0.1, 0.15) is 5.58 Å². The number of halogens is 1. The summed E-state index contributed by atoms with van der Waals surface area (Å²) < 4.78 is 5.84. The fourth-order valence-electron chi connectivity index (χ4n) is 3.69. The molecule has 2 aromatic heterocycles. The smallest absolute Gasteiger partial charge is 0.297 e. The Morgan fingerprint density at radius 3 is 2.58 bits per heavy atom. The van der Waals surface area contributed by atoms with Gasteiger partial charge in [0, 0.05) is 22.5 Å². The van der Waals surface area contributed by atoms with Crippen LogP contribution in [0.15, 0.2) is 57.1 Å². The van der Waals surface area contributed by atoms with E-state index in [2.05, 4.69) is 4.98 Å². The van der Waals surface area contributed by atoms with Crippen LogP contribution in [-0.4, -0.2) is 15.8 Å². The van der Waals surface area contributed by atoms with Gasteiger partial charge in [-0.15, -0.1) is 11.3 Å². The van der Waals surface area contributed by atoms with E-state index in [0.717, 1.165) is 5.69 Å². The fraction of sp³-hybridized carbons (Fsp3) is 0.0952. The van der Waals surface area contributed by atoms with Gasteiger partial charge in [-0.05, 0) is 42.8 Å². The lowest BCUT2D eigenvalue weighted by Crippen LogP contribution is -2.29. The van der Waals surface area contributed by atoms with E-state index < -0.39 is 16.9 Å². The molecule has 0 saturated carbocycles. The van der Waals surface area contributed by atoms with Gasteiger partial charge in [0.05, 0.1) is 27.6 Å². The second-order valence-electron chi connectivity index (χ2n) is 7.01. The summed E-state index contributed by atoms with van der Waals surface area (Å²) >= 11 is 7.33. The Bertz CT molecular complexity index is 1440. The molecule has 154 valence electrons. The minimum absolute atomic E-state index is 0.0731. The Kier molecular flexibility index (Phi) is 4.38. The number of hydrogen-bond acceptors (Lipinski definition) is 7. The molecule has 1 amide bonds. The van der Waals surface area contributed by atoms with E-state index in [0.29, 0.717) is 15.7 Å². The van der Waals surface area contributed by atoms with Gasteiger partial charge in [-0.3, -0.25) is 24.6 Å².